The maximum Gasteiger partial charge on any atom is 0.132 e. The summed E-state index contributed by atoms with van der Waals surface area (Å²) >= 11 is 0. The van der Waals surface area contributed by atoms with Crippen LogP contribution in [0.1, 0.15) is 103 Å². The summed E-state index contributed by atoms with van der Waals surface area (Å²) in [5.74, 6) is 0.499. The van der Waals surface area contributed by atoms with E-state index < -0.39 is 0 Å². The number of allylic oxidation sites excluding steroid dienone is 1. The quantitative estimate of drug-likeness (QED) is 0.457. The van der Waals surface area contributed by atoms with Crippen molar-refractivity contribution in [3.8, 4) is 0 Å². The van der Waals surface area contributed by atoms with Crippen molar-refractivity contribution >= 4 is 0 Å². The molecule has 3 aliphatic rings. The summed E-state index contributed by atoms with van der Waals surface area (Å²) in [7, 11) is 0. The average molecular weight is 373 g/mol. The van der Waals surface area contributed by atoms with Crippen molar-refractivity contribution in [2.24, 2.45) is 5.92 Å². The highest BCUT2D eigenvalue weighted by atomic mass is 17.8. The van der Waals surface area contributed by atoms with Crippen molar-refractivity contribution in [2.75, 3.05) is 6.61 Å². The minimum absolute atomic E-state index is 0.499. The van der Waals surface area contributed by atoms with E-state index in [0.29, 0.717) is 12.5 Å². The second kappa shape index (κ2) is 15.4. The van der Waals surface area contributed by atoms with E-state index in [1.165, 1.54) is 95.5 Å². The Morgan fingerprint density at radius 1 is 0.577 bits per heavy atom. The molecule has 26 heavy (non-hydrogen) atoms. The van der Waals surface area contributed by atoms with Crippen molar-refractivity contribution in [2.45, 2.75) is 103 Å². The van der Waals surface area contributed by atoms with E-state index in [4.69, 9.17) is 9.78 Å². The van der Waals surface area contributed by atoms with Crippen LogP contribution in [0.3, 0.4) is 0 Å². The Kier molecular flexibility index (Phi) is 12.8. The zero-order valence-corrected chi connectivity index (χ0v) is 16.1. The molecule has 0 saturated heterocycles. The lowest BCUT2D eigenvalue weighted by atomic mass is 9.94. The van der Waals surface area contributed by atoms with Crippen molar-refractivity contribution in [3.63, 3.8) is 0 Å². The molecule has 0 radical (unpaired) electrons. The van der Waals surface area contributed by atoms with E-state index in [-0.39, 0.29) is 0 Å². The van der Waals surface area contributed by atoms with Crippen molar-refractivity contribution in [3.05, 3.63) is 11.8 Å². The third-order valence-electron chi connectivity index (χ3n) is 5.41. The van der Waals surface area contributed by atoms with Crippen molar-refractivity contribution in [1.29, 1.82) is 0 Å². The van der Waals surface area contributed by atoms with Gasteiger partial charge in [-0.3, -0.25) is 0 Å². The monoisotopic (exact) mass is 372 g/mol. The van der Waals surface area contributed by atoms with E-state index in [0.717, 1.165) is 12.8 Å². The largest absolute Gasteiger partial charge is 0.314 e. The average Bonchev–Trinajstić information content (AvgIpc) is 2.65. The fourth-order valence-electron chi connectivity index (χ4n) is 3.81. The van der Waals surface area contributed by atoms with Gasteiger partial charge in [0.2, 0.25) is 0 Å². The highest BCUT2D eigenvalue weighted by Crippen LogP contribution is 2.22. The predicted molar refractivity (Wildman–Crippen MR) is 96.8 cm³/mol. The van der Waals surface area contributed by atoms with Gasteiger partial charge in [0.05, 0.1) is 6.61 Å². The number of rotatable bonds is 0. The molecule has 1 aliphatic carbocycles. The molecule has 3 rings (SSSR count). The molecule has 6 nitrogen and oxygen atoms in total. The Balaban J connectivity index is 1.91. The highest BCUT2D eigenvalue weighted by molar-refractivity contribution is 4.97. The number of fused-ring (bicyclic) bond motifs is 21. The van der Waals surface area contributed by atoms with Crippen LogP contribution in [0.4, 0.5) is 0 Å². The van der Waals surface area contributed by atoms with Gasteiger partial charge in [0, 0.05) is 10.1 Å². The molecule has 1 fully saturated rings. The maximum atomic E-state index is 5.10. The Morgan fingerprint density at radius 2 is 1.12 bits per heavy atom. The standard InChI is InChI=1S/C20H36O6/c1-2-6-10-14-20-16-12-8-4-3-7-11-15-19(13-9-5-1)17-21-23-25-26-24-22-18-20/h17,20H,1-16,18H2. The molecule has 0 amide bonds. The third-order valence-corrected chi connectivity index (χ3v) is 5.41. The first-order valence-electron chi connectivity index (χ1n) is 10.6. The van der Waals surface area contributed by atoms with Crippen LogP contribution in [0.5, 0.6) is 0 Å². The van der Waals surface area contributed by atoms with E-state index in [1.54, 1.807) is 6.26 Å². The minimum Gasteiger partial charge on any atom is -0.314 e. The van der Waals surface area contributed by atoms with E-state index in [9.17, 15) is 0 Å². The Morgan fingerprint density at radius 3 is 1.77 bits per heavy atom. The molecule has 2 aliphatic heterocycles. The third kappa shape index (κ3) is 11.1. The summed E-state index contributed by atoms with van der Waals surface area (Å²) < 4.78 is 0. The van der Waals surface area contributed by atoms with Gasteiger partial charge in [-0.05, 0) is 60.1 Å². The molecule has 152 valence electrons. The van der Waals surface area contributed by atoms with Crippen LogP contribution in [0.15, 0.2) is 11.8 Å². The summed E-state index contributed by atoms with van der Waals surface area (Å²) in [5.41, 5.74) is 1.26. The molecule has 2 bridgehead atoms. The summed E-state index contributed by atoms with van der Waals surface area (Å²) in [4.78, 5) is 10.1. The summed E-state index contributed by atoms with van der Waals surface area (Å²) in [6.07, 6.45) is 21.4. The lowest BCUT2D eigenvalue weighted by molar-refractivity contribution is -0.752. The fourth-order valence-corrected chi connectivity index (χ4v) is 3.81. The molecular weight excluding hydrogens is 336 g/mol. The topological polar surface area (TPSA) is 55.4 Å². The van der Waals surface area contributed by atoms with Crippen LogP contribution in [-0.4, -0.2) is 6.61 Å². The normalized spacial score (nSPS) is 27.1. The summed E-state index contributed by atoms with van der Waals surface area (Å²) in [6.45, 7) is 0.508. The molecule has 0 unspecified atom stereocenters. The molecule has 0 N–H and O–H groups in total. The summed E-state index contributed by atoms with van der Waals surface area (Å²) in [6, 6.07) is 0. The zero-order valence-electron chi connectivity index (χ0n) is 16.1. The Bertz CT molecular complexity index is 338. The molecule has 6 heteroatoms. The van der Waals surface area contributed by atoms with Crippen LogP contribution < -0.4 is 0 Å². The van der Waals surface area contributed by atoms with E-state index in [1.807, 2.05) is 0 Å². The molecule has 1 saturated carbocycles. The lowest BCUT2D eigenvalue weighted by Crippen LogP contribution is -2.11. The van der Waals surface area contributed by atoms with Gasteiger partial charge in [0.1, 0.15) is 6.26 Å². The van der Waals surface area contributed by atoms with Crippen molar-refractivity contribution < 1.29 is 29.9 Å². The van der Waals surface area contributed by atoms with Crippen LogP contribution in [-0.2, 0) is 29.9 Å². The molecule has 0 spiro atoms. The van der Waals surface area contributed by atoms with Gasteiger partial charge in [-0.1, -0.05) is 64.2 Å². The van der Waals surface area contributed by atoms with E-state index >= 15 is 0 Å². The van der Waals surface area contributed by atoms with Gasteiger partial charge < -0.3 is 4.89 Å². The van der Waals surface area contributed by atoms with Gasteiger partial charge in [-0.25, -0.2) is 4.89 Å². The Labute approximate surface area is 157 Å². The van der Waals surface area contributed by atoms with Crippen molar-refractivity contribution in [1.82, 2.24) is 0 Å². The van der Waals surface area contributed by atoms with E-state index in [2.05, 4.69) is 20.2 Å². The molecular formula is C20H36O6. The first-order valence-corrected chi connectivity index (χ1v) is 10.6. The van der Waals surface area contributed by atoms with Gasteiger partial charge in [-0.2, -0.15) is 0 Å². The van der Waals surface area contributed by atoms with Gasteiger partial charge in [0.15, 0.2) is 0 Å². The van der Waals surface area contributed by atoms with Crippen LogP contribution in [0.2, 0.25) is 0 Å². The molecule has 0 aromatic heterocycles. The molecule has 2 heterocycles. The van der Waals surface area contributed by atoms with Gasteiger partial charge >= 0.3 is 0 Å². The van der Waals surface area contributed by atoms with Gasteiger partial charge in [-0.15, -0.1) is 0 Å². The van der Waals surface area contributed by atoms with Crippen LogP contribution in [0.25, 0.3) is 0 Å². The molecule has 0 aromatic rings. The fraction of sp³-hybridized carbons (Fsp3) is 0.900. The van der Waals surface area contributed by atoms with Gasteiger partial charge in [0.25, 0.3) is 0 Å². The SMILES string of the molecule is C1=C2CCCCCCCCC(CCCCCCCC2)COOOOOO1. The molecule has 0 atom stereocenters. The smallest absolute Gasteiger partial charge is 0.132 e. The minimum atomic E-state index is 0.499. The first-order chi connectivity index (χ1) is 12.9. The lowest BCUT2D eigenvalue weighted by Gasteiger charge is -2.16. The van der Waals surface area contributed by atoms with Crippen LogP contribution >= 0.6 is 0 Å². The second-order valence-corrected chi connectivity index (χ2v) is 7.62. The maximum absolute atomic E-state index is 5.10. The highest BCUT2D eigenvalue weighted by Gasteiger charge is 2.11. The predicted octanol–water partition coefficient (Wildman–Crippen LogP) is 6.43. The van der Waals surface area contributed by atoms with Crippen LogP contribution in [0, 0.1) is 5.92 Å². The summed E-state index contributed by atoms with van der Waals surface area (Å²) in [5, 5.41) is 17.8. The second-order valence-electron chi connectivity index (χ2n) is 7.62. The Hall–Kier alpha value is -0.660. The molecule has 0 aromatic carbocycles. The number of hydrogen-bond acceptors (Lipinski definition) is 6. The first kappa shape index (κ1) is 21.6. The number of hydrogen-bond donors (Lipinski definition) is 0. The zero-order chi connectivity index (χ0) is 18.1.